The highest BCUT2D eigenvalue weighted by atomic mass is 35.5. The molecule has 14 heteroatoms. The maximum atomic E-state index is 13.0. The summed E-state index contributed by atoms with van der Waals surface area (Å²) < 4.78 is 31.0. The Bertz CT molecular complexity index is 1710. The van der Waals surface area contributed by atoms with Gasteiger partial charge in [-0.2, -0.15) is 10.2 Å². The third-order valence-electron chi connectivity index (χ3n) is 5.49. The standard InChI is InChI=1S/C23H20ClN9O3S/c1-3-32-13-18(14(2)30-32)19-10-11-25-22-17(12-26-33(19)22)23(34)27-15-4-6-16(7-5-15)37(35,36)31-21-9-8-20(24)28-29-21/h4-13H,3H2,1-2H3,(H,27,34)(H,29,31). The van der Waals surface area contributed by atoms with Crippen LogP contribution in [0.25, 0.3) is 16.9 Å². The summed E-state index contributed by atoms with van der Waals surface area (Å²) >= 11 is 5.68. The van der Waals surface area contributed by atoms with Crippen LogP contribution in [0.15, 0.2) is 66.0 Å². The zero-order valence-corrected chi connectivity index (χ0v) is 21.2. The number of sulfonamides is 1. The average molecular weight is 538 g/mol. The summed E-state index contributed by atoms with van der Waals surface area (Å²) in [5, 5.41) is 19.0. The molecule has 12 nitrogen and oxygen atoms in total. The molecule has 1 aromatic carbocycles. The number of hydrogen-bond acceptors (Lipinski definition) is 8. The smallest absolute Gasteiger partial charge is 0.263 e. The van der Waals surface area contributed by atoms with Crippen LogP contribution in [0, 0.1) is 6.92 Å². The Labute approximate surface area is 216 Å². The number of carbonyl (C=O) groups excluding carboxylic acids is 1. The quantitative estimate of drug-likeness (QED) is 0.321. The number of anilines is 2. The minimum Gasteiger partial charge on any atom is -0.322 e. The van der Waals surface area contributed by atoms with Gasteiger partial charge in [0.05, 0.1) is 22.5 Å². The third-order valence-corrected chi connectivity index (χ3v) is 7.06. The van der Waals surface area contributed by atoms with E-state index in [0.29, 0.717) is 11.3 Å². The van der Waals surface area contributed by atoms with Crippen molar-refractivity contribution in [2.45, 2.75) is 25.3 Å². The third kappa shape index (κ3) is 4.86. The number of hydrogen-bond donors (Lipinski definition) is 2. The van der Waals surface area contributed by atoms with E-state index in [2.05, 4.69) is 35.4 Å². The van der Waals surface area contributed by atoms with E-state index in [1.54, 1.807) is 10.7 Å². The maximum absolute atomic E-state index is 13.0. The van der Waals surface area contributed by atoms with Crippen molar-refractivity contribution in [3.05, 3.63) is 77.5 Å². The molecule has 0 fully saturated rings. The van der Waals surface area contributed by atoms with E-state index in [4.69, 9.17) is 11.6 Å². The number of carbonyl (C=O) groups is 1. The molecule has 0 atom stereocenters. The van der Waals surface area contributed by atoms with Crippen molar-refractivity contribution >= 4 is 44.7 Å². The van der Waals surface area contributed by atoms with Crippen LogP contribution < -0.4 is 10.0 Å². The first-order valence-electron chi connectivity index (χ1n) is 11.1. The predicted molar refractivity (Wildman–Crippen MR) is 137 cm³/mol. The first-order chi connectivity index (χ1) is 17.7. The van der Waals surface area contributed by atoms with Gasteiger partial charge < -0.3 is 5.32 Å². The number of nitrogens with one attached hydrogen (secondary N) is 2. The van der Waals surface area contributed by atoms with Gasteiger partial charge in [0.2, 0.25) is 0 Å². The minimum atomic E-state index is -3.92. The SMILES string of the molecule is CCn1cc(-c2ccnc3c(C(=O)Nc4ccc(S(=O)(=O)Nc5ccc(Cl)nn5)cc4)cnn23)c(C)n1. The highest BCUT2D eigenvalue weighted by molar-refractivity contribution is 7.92. The molecule has 0 bridgehead atoms. The van der Waals surface area contributed by atoms with E-state index in [1.807, 2.05) is 30.8 Å². The summed E-state index contributed by atoms with van der Waals surface area (Å²) in [5.74, 6) is -0.412. The van der Waals surface area contributed by atoms with Crippen LogP contribution in [0.5, 0.6) is 0 Å². The highest BCUT2D eigenvalue weighted by Crippen LogP contribution is 2.24. The zero-order valence-electron chi connectivity index (χ0n) is 19.6. The van der Waals surface area contributed by atoms with Gasteiger partial charge >= 0.3 is 0 Å². The van der Waals surface area contributed by atoms with Gasteiger partial charge in [-0.25, -0.2) is 17.9 Å². The molecule has 0 aliphatic carbocycles. The Hall–Kier alpha value is -4.36. The van der Waals surface area contributed by atoms with Crippen LogP contribution in [0.4, 0.5) is 11.5 Å². The number of rotatable bonds is 7. The summed E-state index contributed by atoms with van der Waals surface area (Å²) in [6.07, 6.45) is 4.98. The molecule has 0 aliphatic rings. The van der Waals surface area contributed by atoms with Crippen molar-refractivity contribution in [2.75, 3.05) is 10.0 Å². The molecule has 4 aromatic heterocycles. The molecule has 4 heterocycles. The van der Waals surface area contributed by atoms with Crippen LogP contribution in [0.1, 0.15) is 23.0 Å². The number of nitrogens with zero attached hydrogens (tertiary/aromatic N) is 7. The highest BCUT2D eigenvalue weighted by Gasteiger charge is 2.19. The molecule has 5 aromatic rings. The van der Waals surface area contributed by atoms with Gasteiger partial charge in [0.25, 0.3) is 15.9 Å². The van der Waals surface area contributed by atoms with Gasteiger partial charge in [0.1, 0.15) is 5.56 Å². The predicted octanol–water partition coefficient (Wildman–Crippen LogP) is 3.42. The Morgan fingerprint density at radius 3 is 2.54 bits per heavy atom. The van der Waals surface area contributed by atoms with Crippen molar-refractivity contribution in [2.24, 2.45) is 0 Å². The fourth-order valence-electron chi connectivity index (χ4n) is 3.67. The van der Waals surface area contributed by atoms with E-state index in [9.17, 15) is 13.2 Å². The van der Waals surface area contributed by atoms with E-state index >= 15 is 0 Å². The molecule has 2 N–H and O–H groups in total. The number of halogens is 1. The van der Waals surface area contributed by atoms with E-state index in [1.165, 1.54) is 42.6 Å². The van der Waals surface area contributed by atoms with Crippen molar-refractivity contribution in [3.63, 3.8) is 0 Å². The molecule has 37 heavy (non-hydrogen) atoms. The lowest BCUT2D eigenvalue weighted by Gasteiger charge is -2.08. The Kier molecular flexibility index (Phi) is 6.31. The van der Waals surface area contributed by atoms with Crippen molar-refractivity contribution in [1.29, 1.82) is 0 Å². The lowest BCUT2D eigenvalue weighted by atomic mass is 10.2. The second kappa shape index (κ2) is 9.59. The molecule has 5 rings (SSSR count). The maximum Gasteiger partial charge on any atom is 0.263 e. The molecule has 0 spiro atoms. The van der Waals surface area contributed by atoms with Crippen LogP contribution in [-0.2, 0) is 16.6 Å². The van der Waals surface area contributed by atoms with Gasteiger partial charge in [-0.15, -0.1) is 10.2 Å². The second-order valence-corrected chi connectivity index (χ2v) is 10.0. The summed E-state index contributed by atoms with van der Waals surface area (Å²) in [6, 6.07) is 10.3. The van der Waals surface area contributed by atoms with Gasteiger partial charge in [0, 0.05) is 30.2 Å². The normalized spacial score (nSPS) is 11.5. The van der Waals surface area contributed by atoms with Gasteiger partial charge in [-0.3, -0.25) is 14.2 Å². The summed E-state index contributed by atoms with van der Waals surface area (Å²) in [4.78, 5) is 17.4. The molecule has 0 saturated heterocycles. The minimum absolute atomic E-state index is 0.0208. The summed E-state index contributed by atoms with van der Waals surface area (Å²) in [7, 11) is -3.92. The van der Waals surface area contributed by atoms with Crippen molar-refractivity contribution in [1.82, 2.24) is 34.6 Å². The molecular formula is C23H20ClN9O3S. The molecule has 1 amide bonds. The lowest BCUT2D eigenvalue weighted by Crippen LogP contribution is -2.15. The van der Waals surface area contributed by atoms with Crippen molar-refractivity contribution < 1.29 is 13.2 Å². The van der Waals surface area contributed by atoms with Gasteiger partial charge in [0.15, 0.2) is 16.6 Å². The molecule has 0 saturated carbocycles. The molecular weight excluding hydrogens is 518 g/mol. The summed E-state index contributed by atoms with van der Waals surface area (Å²) in [5.41, 5.74) is 3.52. The fraction of sp³-hybridized carbons (Fsp3) is 0.130. The van der Waals surface area contributed by atoms with E-state index < -0.39 is 15.9 Å². The van der Waals surface area contributed by atoms with Crippen molar-refractivity contribution in [3.8, 4) is 11.3 Å². The second-order valence-electron chi connectivity index (χ2n) is 7.93. The number of fused-ring (bicyclic) bond motifs is 1. The van der Waals surface area contributed by atoms with Crippen LogP contribution in [0.3, 0.4) is 0 Å². The van der Waals surface area contributed by atoms with Gasteiger partial charge in [-0.1, -0.05) is 11.6 Å². The van der Waals surface area contributed by atoms with Gasteiger partial charge in [-0.05, 0) is 56.3 Å². The largest absolute Gasteiger partial charge is 0.322 e. The first kappa shape index (κ1) is 24.3. The van der Waals surface area contributed by atoms with Crippen LogP contribution in [0.2, 0.25) is 5.15 Å². The molecule has 0 unspecified atom stereocenters. The zero-order chi connectivity index (χ0) is 26.2. The number of benzene rings is 1. The van der Waals surface area contributed by atoms with Crippen LogP contribution >= 0.6 is 11.6 Å². The average Bonchev–Trinajstić information content (AvgIpc) is 3.49. The van der Waals surface area contributed by atoms with E-state index in [-0.39, 0.29) is 21.4 Å². The molecule has 0 aliphatic heterocycles. The Balaban J connectivity index is 1.36. The number of aryl methyl sites for hydroxylation is 2. The Morgan fingerprint density at radius 1 is 1.08 bits per heavy atom. The first-order valence-corrected chi connectivity index (χ1v) is 12.9. The monoisotopic (exact) mass is 537 g/mol. The summed E-state index contributed by atoms with van der Waals surface area (Å²) in [6.45, 7) is 4.64. The topological polar surface area (TPSA) is 149 Å². The number of aromatic nitrogens is 7. The fourth-order valence-corrected chi connectivity index (χ4v) is 4.77. The number of amides is 1. The Morgan fingerprint density at radius 2 is 1.86 bits per heavy atom. The molecule has 188 valence electrons. The lowest BCUT2D eigenvalue weighted by molar-refractivity contribution is 0.102. The van der Waals surface area contributed by atoms with Crippen LogP contribution in [-0.4, -0.2) is 48.9 Å². The van der Waals surface area contributed by atoms with E-state index in [0.717, 1.165) is 23.5 Å². The molecule has 0 radical (unpaired) electrons.